The van der Waals surface area contributed by atoms with E-state index in [9.17, 15) is 0 Å². The maximum Gasteiger partial charge on any atom is 0.161 e. The van der Waals surface area contributed by atoms with Gasteiger partial charge in [0.25, 0.3) is 0 Å². The maximum absolute atomic E-state index is 5.84. The van der Waals surface area contributed by atoms with Crippen LogP contribution in [0.3, 0.4) is 0 Å². The van der Waals surface area contributed by atoms with Crippen LogP contribution < -0.4 is 9.47 Å². The molecule has 0 aliphatic heterocycles. The summed E-state index contributed by atoms with van der Waals surface area (Å²) in [6.45, 7) is 7.73. The number of alkyl halides is 1. The number of rotatable bonds is 8. The van der Waals surface area contributed by atoms with E-state index in [0.29, 0.717) is 18.4 Å². The third-order valence-corrected chi connectivity index (χ3v) is 3.08. The van der Waals surface area contributed by atoms with E-state index in [0.717, 1.165) is 23.7 Å². The average molecular weight is 271 g/mol. The van der Waals surface area contributed by atoms with Crippen molar-refractivity contribution in [2.45, 2.75) is 39.5 Å². The summed E-state index contributed by atoms with van der Waals surface area (Å²) in [5.74, 6) is 2.66. The van der Waals surface area contributed by atoms with Gasteiger partial charge in [0.05, 0.1) is 13.2 Å². The molecule has 18 heavy (non-hydrogen) atoms. The molecule has 0 saturated carbocycles. The van der Waals surface area contributed by atoms with Crippen LogP contribution in [-0.2, 0) is 5.88 Å². The van der Waals surface area contributed by atoms with Crippen molar-refractivity contribution in [2.24, 2.45) is 5.92 Å². The van der Waals surface area contributed by atoms with Gasteiger partial charge in [-0.05, 0) is 37.0 Å². The second kappa shape index (κ2) is 8.25. The molecular formula is C15H23ClO2. The van der Waals surface area contributed by atoms with Crippen molar-refractivity contribution >= 4 is 11.6 Å². The molecule has 102 valence electrons. The Hall–Kier alpha value is -0.890. The Morgan fingerprint density at radius 3 is 2.56 bits per heavy atom. The van der Waals surface area contributed by atoms with Crippen LogP contribution in [0.5, 0.6) is 11.5 Å². The molecular weight excluding hydrogens is 248 g/mol. The van der Waals surface area contributed by atoms with Crippen molar-refractivity contribution in [3.63, 3.8) is 0 Å². The predicted molar refractivity (Wildman–Crippen MR) is 76.7 cm³/mol. The van der Waals surface area contributed by atoms with Crippen LogP contribution in [0.1, 0.15) is 39.2 Å². The summed E-state index contributed by atoms with van der Waals surface area (Å²) in [7, 11) is 0. The first kappa shape index (κ1) is 15.2. The van der Waals surface area contributed by atoms with E-state index in [1.165, 1.54) is 12.8 Å². The van der Waals surface area contributed by atoms with Crippen molar-refractivity contribution in [1.82, 2.24) is 0 Å². The van der Waals surface area contributed by atoms with Gasteiger partial charge in [-0.3, -0.25) is 0 Å². The average Bonchev–Trinajstić information content (AvgIpc) is 2.38. The van der Waals surface area contributed by atoms with Gasteiger partial charge in [-0.25, -0.2) is 0 Å². The summed E-state index contributed by atoms with van der Waals surface area (Å²) in [6.07, 6.45) is 2.37. The fourth-order valence-electron chi connectivity index (χ4n) is 1.83. The molecule has 0 radical (unpaired) electrons. The number of hydrogen-bond acceptors (Lipinski definition) is 2. The lowest BCUT2D eigenvalue weighted by atomic mass is 10.1. The number of benzene rings is 1. The summed E-state index contributed by atoms with van der Waals surface area (Å²) in [5.41, 5.74) is 1.05. The van der Waals surface area contributed by atoms with Gasteiger partial charge in [0.2, 0.25) is 0 Å². The fourth-order valence-corrected chi connectivity index (χ4v) is 2.00. The minimum absolute atomic E-state index is 0.493. The lowest BCUT2D eigenvalue weighted by Gasteiger charge is -2.15. The van der Waals surface area contributed by atoms with Crippen molar-refractivity contribution in [2.75, 3.05) is 13.2 Å². The lowest BCUT2D eigenvalue weighted by molar-refractivity contribution is 0.234. The normalized spacial score (nSPS) is 12.2. The summed E-state index contributed by atoms with van der Waals surface area (Å²) in [6, 6.07) is 5.88. The van der Waals surface area contributed by atoms with Gasteiger partial charge in [0.1, 0.15) is 0 Å². The zero-order valence-corrected chi connectivity index (χ0v) is 12.3. The SMILES string of the molecule is CCCC(C)COc1ccc(CCl)cc1OCC. The Bertz CT molecular complexity index is 352. The lowest BCUT2D eigenvalue weighted by Crippen LogP contribution is -2.09. The van der Waals surface area contributed by atoms with E-state index in [4.69, 9.17) is 21.1 Å². The Balaban J connectivity index is 2.68. The Morgan fingerprint density at radius 2 is 1.94 bits per heavy atom. The van der Waals surface area contributed by atoms with E-state index in [2.05, 4.69) is 13.8 Å². The molecule has 0 bridgehead atoms. The summed E-state index contributed by atoms with van der Waals surface area (Å²) >= 11 is 5.82. The maximum atomic E-state index is 5.84. The van der Waals surface area contributed by atoms with E-state index < -0.39 is 0 Å². The van der Waals surface area contributed by atoms with Crippen LogP contribution in [-0.4, -0.2) is 13.2 Å². The quantitative estimate of drug-likeness (QED) is 0.641. The van der Waals surface area contributed by atoms with Crippen molar-refractivity contribution < 1.29 is 9.47 Å². The van der Waals surface area contributed by atoms with Gasteiger partial charge in [-0.15, -0.1) is 11.6 Å². The second-order valence-electron chi connectivity index (χ2n) is 4.55. The fraction of sp³-hybridized carbons (Fsp3) is 0.600. The number of hydrogen-bond donors (Lipinski definition) is 0. The van der Waals surface area contributed by atoms with Crippen LogP contribution in [0.4, 0.5) is 0 Å². The van der Waals surface area contributed by atoms with Crippen LogP contribution in [0, 0.1) is 5.92 Å². The standard InChI is InChI=1S/C15H23ClO2/c1-4-6-12(3)11-18-14-8-7-13(10-16)9-15(14)17-5-2/h7-9,12H,4-6,10-11H2,1-3H3. The van der Waals surface area contributed by atoms with Gasteiger partial charge in [0.15, 0.2) is 11.5 Å². The van der Waals surface area contributed by atoms with E-state index in [-0.39, 0.29) is 0 Å². The molecule has 3 heteroatoms. The Kier molecular flexibility index (Phi) is 6.96. The highest BCUT2D eigenvalue weighted by molar-refractivity contribution is 6.17. The summed E-state index contributed by atoms with van der Waals surface area (Å²) < 4.78 is 11.4. The van der Waals surface area contributed by atoms with Crippen molar-refractivity contribution in [3.05, 3.63) is 23.8 Å². The molecule has 1 unspecified atom stereocenters. The molecule has 1 aromatic rings. The first-order chi connectivity index (χ1) is 8.71. The molecule has 0 spiro atoms. The molecule has 0 aliphatic carbocycles. The zero-order valence-electron chi connectivity index (χ0n) is 11.5. The minimum Gasteiger partial charge on any atom is -0.490 e. The van der Waals surface area contributed by atoms with E-state index >= 15 is 0 Å². The minimum atomic E-state index is 0.493. The predicted octanol–water partition coefficient (Wildman–Crippen LogP) is 4.64. The van der Waals surface area contributed by atoms with E-state index in [1.807, 2.05) is 25.1 Å². The highest BCUT2D eigenvalue weighted by atomic mass is 35.5. The first-order valence-corrected chi connectivity index (χ1v) is 7.19. The Labute approximate surface area is 115 Å². The van der Waals surface area contributed by atoms with Crippen LogP contribution in [0.25, 0.3) is 0 Å². The van der Waals surface area contributed by atoms with Gasteiger partial charge in [-0.2, -0.15) is 0 Å². The number of halogens is 1. The highest BCUT2D eigenvalue weighted by Crippen LogP contribution is 2.29. The molecule has 0 fully saturated rings. The zero-order chi connectivity index (χ0) is 13.4. The summed E-state index contributed by atoms with van der Waals surface area (Å²) in [4.78, 5) is 0. The van der Waals surface area contributed by atoms with Gasteiger partial charge >= 0.3 is 0 Å². The molecule has 2 nitrogen and oxygen atoms in total. The van der Waals surface area contributed by atoms with E-state index in [1.54, 1.807) is 0 Å². The van der Waals surface area contributed by atoms with Crippen LogP contribution >= 0.6 is 11.6 Å². The molecule has 0 amide bonds. The molecule has 0 aromatic heterocycles. The topological polar surface area (TPSA) is 18.5 Å². The monoisotopic (exact) mass is 270 g/mol. The highest BCUT2D eigenvalue weighted by Gasteiger charge is 2.08. The van der Waals surface area contributed by atoms with Crippen LogP contribution in [0.15, 0.2) is 18.2 Å². The molecule has 0 N–H and O–H groups in total. The number of ether oxygens (including phenoxy) is 2. The smallest absolute Gasteiger partial charge is 0.161 e. The molecule has 0 saturated heterocycles. The third-order valence-electron chi connectivity index (χ3n) is 2.77. The molecule has 1 atom stereocenters. The molecule has 0 heterocycles. The first-order valence-electron chi connectivity index (χ1n) is 6.65. The van der Waals surface area contributed by atoms with Crippen LogP contribution in [0.2, 0.25) is 0 Å². The van der Waals surface area contributed by atoms with Gasteiger partial charge in [0, 0.05) is 5.88 Å². The molecule has 1 aromatic carbocycles. The largest absolute Gasteiger partial charge is 0.490 e. The van der Waals surface area contributed by atoms with Crippen molar-refractivity contribution in [3.8, 4) is 11.5 Å². The molecule has 0 aliphatic rings. The third kappa shape index (κ3) is 4.77. The molecule has 1 rings (SSSR count). The summed E-state index contributed by atoms with van der Waals surface area (Å²) in [5, 5.41) is 0. The second-order valence-corrected chi connectivity index (χ2v) is 4.82. The van der Waals surface area contributed by atoms with Gasteiger partial charge in [-0.1, -0.05) is 26.3 Å². The Morgan fingerprint density at radius 1 is 1.17 bits per heavy atom. The van der Waals surface area contributed by atoms with Crippen molar-refractivity contribution in [1.29, 1.82) is 0 Å². The van der Waals surface area contributed by atoms with Gasteiger partial charge < -0.3 is 9.47 Å².